The van der Waals surface area contributed by atoms with E-state index < -0.39 is 12.4 Å². The van der Waals surface area contributed by atoms with E-state index in [1.807, 2.05) is 0 Å². The third-order valence-electron chi connectivity index (χ3n) is 8.73. The maximum Gasteiger partial charge on any atom is 0.151 e. The number of aliphatic hydroxyl groups excluding tert-OH is 4. The Morgan fingerprint density at radius 3 is 2.48 bits per heavy atom. The largest absolute Gasteiger partial charge is 0.393 e. The Kier molecular flexibility index (Phi) is 7.49. The van der Waals surface area contributed by atoms with Crippen molar-refractivity contribution < 1.29 is 25.5 Å². The Hall–Kier alpha value is -0.460. The van der Waals surface area contributed by atoms with Gasteiger partial charge in [0.25, 0.3) is 0 Å². The average Bonchev–Trinajstić information content (AvgIpc) is 3.02. The first-order chi connectivity index (χ1) is 13.7. The van der Waals surface area contributed by atoms with Crippen molar-refractivity contribution in [2.75, 3.05) is 0 Å². The maximum atomic E-state index is 11.4. The van der Waals surface area contributed by atoms with Gasteiger partial charge in [-0.15, -0.1) is 0 Å². The summed E-state index contributed by atoms with van der Waals surface area (Å²) in [5.41, 5.74) is 2.11. The molecule has 8 unspecified atom stereocenters. The van der Waals surface area contributed by atoms with Gasteiger partial charge in [0.1, 0.15) is 0 Å². The molecule has 8 atom stereocenters. The van der Waals surface area contributed by atoms with Gasteiger partial charge in [-0.1, -0.05) is 25.0 Å². The third-order valence-corrected chi connectivity index (χ3v) is 8.73. The van der Waals surface area contributed by atoms with Crippen LogP contribution in [0.25, 0.3) is 0 Å². The van der Waals surface area contributed by atoms with E-state index >= 15 is 0 Å². The molecule has 3 fully saturated rings. The van der Waals surface area contributed by atoms with Crippen molar-refractivity contribution in [1.82, 2.24) is 0 Å². The summed E-state index contributed by atoms with van der Waals surface area (Å²) < 4.78 is 0. The highest BCUT2D eigenvalue weighted by molar-refractivity contribution is 5.30. The molecule has 0 heterocycles. The number of hydrogen-bond acceptors (Lipinski definition) is 5. The van der Waals surface area contributed by atoms with E-state index in [4.69, 9.17) is 0 Å². The highest BCUT2D eigenvalue weighted by Gasteiger charge is 2.58. The van der Waals surface area contributed by atoms with Crippen molar-refractivity contribution in [1.29, 1.82) is 0 Å². The van der Waals surface area contributed by atoms with Crippen molar-refractivity contribution in [3.05, 3.63) is 11.1 Å². The molecular weight excluding hydrogens is 368 g/mol. The number of hydrogen-bond donors (Lipinski definition) is 5. The summed E-state index contributed by atoms with van der Waals surface area (Å²) in [5, 5.41) is 51.3. The Morgan fingerprint density at radius 2 is 1.79 bits per heavy atom. The molecule has 0 spiro atoms. The first-order valence-corrected chi connectivity index (χ1v) is 11.8. The van der Waals surface area contributed by atoms with Crippen molar-refractivity contribution in [3.63, 3.8) is 0 Å². The third kappa shape index (κ3) is 4.59. The van der Waals surface area contributed by atoms with Gasteiger partial charge in [-0.25, -0.2) is 0 Å². The van der Waals surface area contributed by atoms with Gasteiger partial charge in [0.05, 0.1) is 18.3 Å². The molecule has 0 radical (unpaired) electrons. The molecule has 5 N–H and O–H groups in total. The van der Waals surface area contributed by atoms with Crippen LogP contribution in [0.4, 0.5) is 0 Å². The van der Waals surface area contributed by atoms with Crippen LogP contribution >= 0.6 is 0 Å². The minimum atomic E-state index is -1.30. The molecule has 3 aliphatic carbocycles. The molecular formula is C24H42O5. The van der Waals surface area contributed by atoms with Gasteiger partial charge in [-0.05, 0) is 88.4 Å². The van der Waals surface area contributed by atoms with Crippen LogP contribution in [0.1, 0.15) is 85.0 Å². The van der Waals surface area contributed by atoms with Gasteiger partial charge in [-0.3, -0.25) is 0 Å². The molecule has 0 aromatic rings. The van der Waals surface area contributed by atoms with E-state index in [0.717, 1.165) is 44.9 Å². The second kappa shape index (κ2) is 9.35. The second-order valence-corrected chi connectivity index (χ2v) is 10.4. The van der Waals surface area contributed by atoms with Gasteiger partial charge in [0.15, 0.2) is 6.29 Å². The van der Waals surface area contributed by atoms with E-state index in [2.05, 4.69) is 20.8 Å². The molecule has 0 bridgehead atoms. The van der Waals surface area contributed by atoms with Crippen LogP contribution in [-0.2, 0) is 0 Å². The minimum Gasteiger partial charge on any atom is -0.393 e. The fourth-order valence-corrected chi connectivity index (χ4v) is 7.00. The second-order valence-electron chi connectivity index (χ2n) is 10.4. The Morgan fingerprint density at radius 1 is 1.07 bits per heavy atom. The fourth-order valence-electron chi connectivity index (χ4n) is 7.00. The van der Waals surface area contributed by atoms with Gasteiger partial charge in [0, 0.05) is 11.8 Å². The topological polar surface area (TPSA) is 101 Å². The first-order valence-electron chi connectivity index (χ1n) is 11.8. The number of rotatable bonds is 3. The molecule has 3 rings (SSSR count). The van der Waals surface area contributed by atoms with Crippen molar-refractivity contribution >= 4 is 0 Å². The summed E-state index contributed by atoms with van der Waals surface area (Å²) in [6.07, 6.45) is 5.25. The van der Waals surface area contributed by atoms with Crippen LogP contribution in [0, 0.1) is 29.1 Å². The maximum absolute atomic E-state index is 11.4. The number of fused-ring (bicyclic) bond motifs is 3. The van der Waals surface area contributed by atoms with E-state index in [-0.39, 0.29) is 35.4 Å². The zero-order chi connectivity index (χ0) is 21.3. The predicted octanol–water partition coefficient (Wildman–Crippen LogP) is 3.13. The lowest BCUT2D eigenvalue weighted by molar-refractivity contribution is -0.116. The van der Waals surface area contributed by atoms with E-state index in [9.17, 15) is 25.5 Å². The number of aliphatic hydroxyl groups is 5. The summed E-state index contributed by atoms with van der Waals surface area (Å²) in [5.74, 6) is 1.09. The summed E-state index contributed by atoms with van der Waals surface area (Å²) in [4.78, 5) is 0. The summed E-state index contributed by atoms with van der Waals surface area (Å²) in [6.45, 7) is 6.48. The Bertz CT molecular complexity index is 588. The Labute approximate surface area is 175 Å². The molecule has 29 heavy (non-hydrogen) atoms. The molecule has 0 saturated heterocycles. The molecule has 0 aromatic heterocycles. The normalized spacial score (nSPS) is 45.6. The standard InChI is InChI=1S/C24H42O5/c1-14-7-9-16(25)5-4-6-20(26)23-17(14)13-21(27)24(3)18(10-11-19(23)24)15(2)8-12-22(28)29/h14,16-17,19-23,25-29H,4-13H2,1-3H3. The molecule has 0 amide bonds. The highest BCUT2D eigenvalue weighted by atomic mass is 16.5. The van der Waals surface area contributed by atoms with Crippen LogP contribution in [0.15, 0.2) is 11.1 Å². The van der Waals surface area contributed by atoms with Crippen LogP contribution in [0.3, 0.4) is 0 Å². The van der Waals surface area contributed by atoms with Crippen molar-refractivity contribution in [3.8, 4) is 0 Å². The average molecular weight is 411 g/mol. The SMILES string of the molecule is CC(CCC(O)O)=C1CCC2C3C(O)CCCC(O)CCC(C)C3CC(O)C12C. The van der Waals surface area contributed by atoms with Gasteiger partial charge >= 0.3 is 0 Å². The highest BCUT2D eigenvalue weighted by Crippen LogP contribution is 2.62. The molecule has 5 heteroatoms. The Balaban J connectivity index is 1.91. The lowest BCUT2D eigenvalue weighted by atomic mass is 9.53. The molecule has 168 valence electrons. The van der Waals surface area contributed by atoms with Crippen LogP contribution < -0.4 is 0 Å². The quantitative estimate of drug-likeness (QED) is 0.363. The summed E-state index contributed by atoms with van der Waals surface area (Å²) in [6, 6.07) is 0. The predicted molar refractivity (Wildman–Crippen MR) is 113 cm³/mol. The van der Waals surface area contributed by atoms with Crippen molar-refractivity contribution in [2.24, 2.45) is 29.1 Å². The molecule has 0 aromatic carbocycles. The molecule has 3 saturated carbocycles. The monoisotopic (exact) mass is 410 g/mol. The van der Waals surface area contributed by atoms with Gasteiger partial charge in [-0.2, -0.15) is 0 Å². The summed E-state index contributed by atoms with van der Waals surface area (Å²) >= 11 is 0. The van der Waals surface area contributed by atoms with Crippen LogP contribution in [-0.4, -0.2) is 50.1 Å². The number of allylic oxidation sites excluding steroid dienone is 1. The minimum absolute atomic E-state index is 0.183. The molecule has 0 aliphatic heterocycles. The summed E-state index contributed by atoms with van der Waals surface area (Å²) in [7, 11) is 0. The van der Waals surface area contributed by atoms with Crippen LogP contribution in [0.2, 0.25) is 0 Å². The first kappa shape index (κ1) is 23.2. The van der Waals surface area contributed by atoms with E-state index in [1.54, 1.807) is 0 Å². The lowest BCUT2D eigenvalue weighted by Gasteiger charge is -2.53. The van der Waals surface area contributed by atoms with E-state index in [0.29, 0.717) is 25.2 Å². The zero-order valence-corrected chi connectivity index (χ0v) is 18.4. The molecule has 5 nitrogen and oxygen atoms in total. The molecule has 3 aliphatic rings. The fraction of sp³-hybridized carbons (Fsp3) is 0.917. The van der Waals surface area contributed by atoms with Crippen molar-refractivity contribution in [2.45, 2.75) is 110 Å². The van der Waals surface area contributed by atoms with Gasteiger partial charge in [0.2, 0.25) is 0 Å². The zero-order valence-electron chi connectivity index (χ0n) is 18.4. The van der Waals surface area contributed by atoms with E-state index in [1.165, 1.54) is 11.1 Å². The smallest absolute Gasteiger partial charge is 0.151 e. The van der Waals surface area contributed by atoms with Gasteiger partial charge < -0.3 is 25.5 Å². The lowest BCUT2D eigenvalue weighted by Crippen LogP contribution is -2.53. The van der Waals surface area contributed by atoms with Crippen LogP contribution in [0.5, 0.6) is 0 Å².